The van der Waals surface area contributed by atoms with E-state index < -0.39 is 18.4 Å². The molecule has 0 aliphatic carbocycles. The zero-order valence-corrected chi connectivity index (χ0v) is 16.0. The van der Waals surface area contributed by atoms with Crippen molar-refractivity contribution in [3.63, 3.8) is 0 Å². The lowest BCUT2D eigenvalue weighted by molar-refractivity contribution is -0.355. The van der Waals surface area contributed by atoms with Gasteiger partial charge in [-0.1, -0.05) is 41.6 Å². The molecule has 0 aromatic heterocycles. The minimum atomic E-state index is -4.94. The fraction of sp³-hybridized carbons (Fsp3) is 0.300. The van der Waals surface area contributed by atoms with Gasteiger partial charge in [0.15, 0.2) is 0 Å². The number of amides is 2. The van der Waals surface area contributed by atoms with Crippen LogP contribution in [-0.4, -0.2) is 35.9 Å². The van der Waals surface area contributed by atoms with Gasteiger partial charge < -0.3 is 25.3 Å². The van der Waals surface area contributed by atoms with E-state index in [0.29, 0.717) is 12.1 Å². The molecule has 1 unspecified atom stereocenters. The van der Waals surface area contributed by atoms with E-state index >= 15 is 0 Å². The molecule has 0 saturated heterocycles. The molecule has 0 radical (unpaired) electrons. The molecule has 0 fully saturated rings. The molecule has 2 aromatic rings. The van der Waals surface area contributed by atoms with Crippen molar-refractivity contribution in [2.24, 2.45) is 5.16 Å². The molecule has 7 nitrogen and oxygen atoms in total. The van der Waals surface area contributed by atoms with Crippen molar-refractivity contribution in [1.29, 1.82) is 0 Å². The number of halogens is 3. The summed E-state index contributed by atoms with van der Waals surface area (Å²) in [6, 6.07) is 13.3. The summed E-state index contributed by atoms with van der Waals surface area (Å²) in [5.41, 5.74) is 2.03. The van der Waals surface area contributed by atoms with Crippen LogP contribution in [0.2, 0.25) is 0 Å². The van der Waals surface area contributed by atoms with Crippen LogP contribution in [-0.2, 0) is 17.9 Å². The van der Waals surface area contributed by atoms with Gasteiger partial charge >= 0.3 is 18.0 Å². The highest BCUT2D eigenvalue weighted by Gasteiger charge is 2.60. The van der Waals surface area contributed by atoms with E-state index in [1.54, 1.807) is 43.5 Å². The molecular formula is C20H20F3N3O4. The van der Waals surface area contributed by atoms with E-state index in [-0.39, 0.29) is 18.3 Å². The Morgan fingerprint density at radius 1 is 1.10 bits per heavy atom. The van der Waals surface area contributed by atoms with E-state index in [0.717, 1.165) is 16.9 Å². The number of urea groups is 1. The summed E-state index contributed by atoms with van der Waals surface area (Å²) in [5.74, 6) is -2.57. The van der Waals surface area contributed by atoms with E-state index in [9.17, 15) is 23.1 Å². The monoisotopic (exact) mass is 423 g/mol. The Hall–Kier alpha value is -3.27. The standard InChI is InChI=1S/C20H20F3N3O4/c1-29-16-8-4-14(5-9-16)12-25-18(27)24-11-13-2-6-15(7-3-13)17-10-19(28,30-26-17)20(21,22)23/h2-9,28H,10-12H2,1H3,(H2,24,25,27). The summed E-state index contributed by atoms with van der Waals surface area (Å²) in [6.45, 7) is 0.570. The number of ether oxygens (including phenoxy) is 1. The van der Waals surface area contributed by atoms with E-state index in [1.807, 2.05) is 12.1 Å². The number of carbonyl (C=O) groups excluding carboxylic acids is 1. The number of aliphatic hydroxyl groups is 1. The second kappa shape index (κ2) is 8.62. The lowest BCUT2D eigenvalue weighted by Gasteiger charge is -2.22. The number of rotatable bonds is 6. The van der Waals surface area contributed by atoms with Gasteiger partial charge in [0.05, 0.1) is 19.2 Å². The van der Waals surface area contributed by atoms with Crippen molar-refractivity contribution < 1.29 is 32.6 Å². The zero-order chi connectivity index (χ0) is 21.8. The van der Waals surface area contributed by atoms with Gasteiger partial charge in [0.1, 0.15) is 5.75 Å². The van der Waals surface area contributed by atoms with Gasteiger partial charge in [-0.3, -0.25) is 0 Å². The van der Waals surface area contributed by atoms with Gasteiger partial charge in [-0.25, -0.2) is 4.79 Å². The van der Waals surface area contributed by atoms with Crippen LogP contribution in [0.1, 0.15) is 23.1 Å². The van der Waals surface area contributed by atoms with Gasteiger partial charge in [0.2, 0.25) is 0 Å². The average molecular weight is 423 g/mol. The third-order valence-electron chi connectivity index (χ3n) is 4.51. The third kappa shape index (κ3) is 5.01. The minimum absolute atomic E-state index is 0.00781. The number of benzene rings is 2. The fourth-order valence-corrected chi connectivity index (χ4v) is 2.71. The quantitative estimate of drug-likeness (QED) is 0.666. The molecule has 1 aliphatic heterocycles. The predicted molar refractivity (Wildman–Crippen MR) is 102 cm³/mol. The van der Waals surface area contributed by atoms with Crippen LogP contribution >= 0.6 is 0 Å². The molecule has 30 heavy (non-hydrogen) atoms. The normalized spacial score (nSPS) is 18.4. The summed E-state index contributed by atoms with van der Waals surface area (Å²) < 4.78 is 43.4. The van der Waals surface area contributed by atoms with Gasteiger partial charge in [0, 0.05) is 13.1 Å². The van der Waals surface area contributed by atoms with Gasteiger partial charge in [-0.15, -0.1) is 0 Å². The van der Waals surface area contributed by atoms with Gasteiger partial charge in [-0.2, -0.15) is 13.2 Å². The molecule has 3 rings (SSSR count). The highest BCUT2D eigenvalue weighted by Crippen LogP contribution is 2.38. The average Bonchev–Trinajstić information content (AvgIpc) is 3.15. The Balaban J connectivity index is 1.47. The lowest BCUT2D eigenvalue weighted by atomic mass is 10.0. The third-order valence-corrected chi connectivity index (χ3v) is 4.51. The number of methoxy groups -OCH3 is 1. The first-order valence-electron chi connectivity index (χ1n) is 8.98. The van der Waals surface area contributed by atoms with Crippen molar-refractivity contribution in [2.45, 2.75) is 31.5 Å². The Kier molecular flexibility index (Phi) is 6.16. The maximum Gasteiger partial charge on any atom is 0.458 e. The number of nitrogens with one attached hydrogen (secondary N) is 2. The number of hydrogen-bond donors (Lipinski definition) is 3. The summed E-state index contributed by atoms with van der Waals surface area (Å²) in [5, 5.41) is 18.3. The molecule has 1 aliphatic rings. The molecule has 2 amide bonds. The Bertz CT molecular complexity index is 914. The smallest absolute Gasteiger partial charge is 0.458 e. The zero-order valence-electron chi connectivity index (χ0n) is 16.0. The van der Waals surface area contributed by atoms with Crippen molar-refractivity contribution in [2.75, 3.05) is 7.11 Å². The largest absolute Gasteiger partial charge is 0.497 e. The number of nitrogens with zero attached hydrogens (tertiary/aromatic N) is 1. The van der Waals surface area contributed by atoms with Crippen molar-refractivity contribution >= 4 is 11.7 Å². The van der Waals surface area contributed by atoms with Crippen LogP contribution in [0.4, 0.5) is 18.0 Å². The maximum atomic E-state index is 12.8. The van der Waals surface area contributed by atoms with Crippen LogP contribution in [0.15, 0.2) is 53.7 Å². The molecule has 10 heteroatoms. The van der Waals surface area contributed by atoms with Crippen molar-refractivity contribution in [3.05, 3.63) is 65.2 Å². The van der Waals surface area contributed by atoms with Crippen LogP contribution in [0.3, 0.4) is 0 Å². The Morgan fingerprint density at radius 3 is 2.10 bits per heavy atom. The minimum Gasteiger partial charge on any atom is -0.497 e. The predicted octanol–water partition coefficient (Wildman–Crippen LogP) is 3.07. The van der Waals surface area contributed by atoms with Crippen LogP contribution in [0.25, 0.3) is 0 Å². The van der Waals surface area contributed by atoms with Crippen LogP contribution in [0.5, 0.6) is 5.75 Å². The molecular weight excluding hydrogens is 403 g/mol. The van der Waals surface area contributed by atoms with Crippen molar-refractivity contribution in [3.8, 4) is 5.75 Å². The molecule has 0 saturated carbocycles. The topological polar surface area (TPSA) is 92.2 Å². The summed E-state index contributed by atoms with van der Waals surface area (Å²) in [4.78, 5) is 16.1. The number of carbonyl (C=O) groups is 1. The molecule has 1 heterocycles. The highest BCUT2D eigenvalue weighted by molar-refractivity contribution is 6.01. The molecule has 0 bridgehead atoms. The number of alkyl halides is 3. The first kappa shape index (κ1) is 21.4. The Labute approximate surface area is 170 Å². The second-order valence-electron chi connectivity index (χ2n) is 6.67. The molecule has 0 spiro atoms. The Morgan fingerprint density at radius 2 is 1.63 bits per heavy atom. The van der Waals surface area contributed by atoms with Crippen LogP contribution in [0, 0.1) is 0 Å². The van der Waals surface area contributed by atoms with Gasteiger partial charge in [-0.05, 0) is 28.8 Å². The fourth-order valence-electron chi connectivity index (χ4n) is 2.71. The molecule has 1 atom stereocenters. The summed E-state index contributed by atoms with van der Waals surface area (Å²) in [6.07, 6.45) is -5.73. The molecule has 2 aromatic carbocycles. The maximum absolute atomic E-state index is 12.8. The van der Waals surface area contributed by atoms with Gasteiger partial charge in [0.25, 0.3) is 0 Å². The van der Waals surface area contributed by atoms with Crippen LogP contribution < -0.4 is 15.4 Å². The molecule has 3 N–H and O–H groups in total. The van der Waals surface area contributed by atoms with E-state index in [4.69, 9.17) is 4.74 Å². The summed E-state index contributed by atoms with van der Waals surface area (Å²) in [7, 11) is 1.57. The number of oxime groups is 1. The SMILES string of the molecule is COc1ccc(CNC(=O)NCc2ccc(C3=NOC(O)(C(F)(F)F)C3)cc2)cc1. The first-order valence-corrected chi connectivity index (χ1v) is 8.98. The first-order chi connectivity index (χ1) is 14.2. The van der Waals surface area contributed by atoms with E-state index in [2.05, 4.69) is 20.6 Å². The highest BCUT2D eigenvalue weighted by atomic mass is 19.4. The molecule has 160 valence electrons. The van der Waals surface area contributed by atoms with Crippen molar-refractivity contribution in [1.82, 2.24) is 10.6 Å². The summed E-state index contributed by atoms with van der Waals surface area (Å²) >= 11 is 0. The lowest BCUT2D eigenvalue weighted by Crippen LogP contribution is -2.45. The van der Waals surface area contributed by atoms with E-state index in [1.165, 1.54) is 0 Å². The second-order valence-corrected chi connectivity index (χ2v) is 6.67. The number of hydrogen-bond acceptors (Lipinski definition) is 5.